The molecule has 1 fully saturated rings. The van der Waals surface area contributed by atoms with Crippen LogP contribution >= 0.6 is 0 Å². The molecule has 1 aliphatic heterocycles. The number of benzene rings is 2. The molecule has 12 nitrogen and oxygen atoms in total. The number of likely N-dealkylation sites (tertiary alicyclic amines) is 1. The van der Waals surface area contributed by atoms with Crippen LogP contribution in [0.3, 0.4) is 0 Å². The van der Waals surface area contributed by atoms with E-state index >= 15 is 0 Å². The quantitative estimate of drug-likeness (QED) is 0.195. The number of esters is 1. The van der Waals surface area contributed by atoms with Crippen molar-refractivity contribution in [1.29, 1.82) is 0 Å². The van der Waals surface area contributed by atoms with Crippen LogP contribution in [-0.4, -0.2) is 84.5 Å². The van der Waals surface area contributed by atoms with Crippen molar-refractivity contribution in [1.82, 2.24) is 15.5 Å². The summed E-state index contributed by atoms with van der Waals surface area (Å²) in [5.41, 5.74) is 7.58. The van der Waals surface area contributed by atoms with Crippen LogP contribution < -0.4 is 21.1 Å². The molecule has 3 rings (SSSR count). The number of nitrogens with zero attached hydrogens (tertiary/aromatic N) is 1. The highest BCUT2D eigenvalue weighted by molar-refractivity contribution is 5.96. The molecule has 0 saturated carbocycles. The number of carbonyl (C=O) groups excluding carboxylic acids is 5. The number of ketones is 1. The fourth-order valence-electron chi connectivity index (χ4n) is 6.26. The fourth-order valence-corrected chi connectivity index (χ4v) is 6.26. The smallest absolute Gasteiger partial charge is 0.306 e. The minimum Gasteiger partial charge on any atom is -0.497 e. The topological polar surface area (TPSA) is 166 Å². The lowest BCUT2D eigenvalue weighted by Crippen LogP contribution is -2.60. The summed E-state index contributed by atoms with van der Waals surface area (Å²) in [4.78, 5) is 66.3. The summed E-state index contributed by atoms with van der Waals surface area (Å²) in [6, 6.07) is 13.1. The average molecular weight is 709 g/mol. The molecule has 2 aromatic carbocycles. The summed E-state index contributed by atoms with van der Waals surface area (Å²) >= 11 is 0. The Morgan fingerprint density at radius 2 is 1.55 bits per heavy atom. The normalized spacial score (nSPS) is 17.6. The number of nitrogens with two attached hydrogens (primary N) is 1. The van der Waals surface area contributed by atoms with Crippen LogP contribution in [-0.2, 0) is 52.8 Å². The van der Waals surface area contributed by atoms with Crippen LogP contribution in [0.25, 0.3) is 0 Å². The Balaban J connectivity index is 1.64. The molecule has 4 N–H and O–H groups in total. The molecule has 0 aromatic heterocycles. The van der Waals surface area contributed by atoms with Crippen molar-refractivity contribution in [3.63, 3.8) is 0 Å². The maximum Gasteiger partial charge on any atom is 0.306 e. The van der Waals surface area contributed by atoms with E-state index in [4.69, 9.17) is 15.2 Å². The first-order valence-electron chi connectivity index (χ1n) is 17.7. The molecular weight excluding hydrogens is 652 g/mol. The molecule has 1 saturated heterocycles. The van der Waals surface area contributed by atoms with Gasteiger partial charge in [-0.2, -0.15) is 0 Å². The summed E-state index contributed by atoms with van der Waals surface area (Å²) in [7, 11) is 2.87. The molecule has 0 radical (unpaired) electrons. The molecule has 1 heterocycles. The van der Waals surface area contributed by atoms with E-state index in [1.807, 2.05) is 64.1 Å². The van der Waals surface area contributed by atoms with Crippen LogP contribution in [0.4, 0.5) is 0 Å². The van der Waals surface area contributed by atoms with Crippen molar-refractivity contribution in [2.45, 2.75) is 122 Å². The van der Waals surface area contributed by atoms with Gasteiger partial charge in [0.2, 0.25) is 17.7 Å². The number of amides is 3. The van der Waals surface area contributed by atoms with Gasteiger partial charge in [-0.05, 0) is 89.1 Å². The number of rotatable bonds is 18. The van der Waals surface area contributed by atoms with Gasteiger partial charge in [-0.1, -0.05) is 36.4 Å². The average Bonchev–Trinajstić information content (AvgIpc) is 3.51. The maximum atomic E-state index is 14.3. The van der Waals surface area contributed by atoms with E-state index in [1.54, 1.807) is 31.1 Å². The number of carbonyl (C=O) groups is 5. The largest absolute Gasteiger partial charge is 0.497 e. The Labute approximate surface area is 302 Å². The second kappa shape index (κ2) is 18.8. The Bertz CT molecular complexity index is 1490. The Hall–Kier alpha value is -4.29. The van der Waals surface area contributed by atoms with E-state index in [9.17, 15) is 24.0 Å². The highest BCUT2D eigenvalue weighted by Crippen LogP contribution is 2.33. The van der Waals surface area contributed by atoms with Crippen LogP contribution in [0.1, 0.15) is 89.8 Å². The monoisotopic (exact) mass is 708 g/mol. The lowest BCUT2D eigenvalue weighted by molar-refractivity contribution is -0.146. The molecule has 0 unspecified atom stereocenters. The molecule has 280 valence electrons. The zero-order valence-electron chi connectivity index (χ0n) is 31.2. The van der Waals surface area contributed by atoms with Crippen molar-refractivity contribution < 1.29 is 38.2 Å². The molecule has 3 amide bonds. The first-order chi connectivity index (χ1) is 24.1. The summed E-state index contributed by atoms with van der Waals surface area (Å²) in [5, 5.41) is 5.69. The predicted molar refractivity (Wildman–Crippen MR) is 194 cm³/mol. The van der Waals surface area contributed by atoms with E-state index in [2.05, 4.69) is 15.4 Å². The minimum atomic E-state index is -1.01. The number of ether oxygens (including phenoxy) is 3. The van der Waals surface area contributed by atoms with Crippen LogP contribution in [0.5, 0.6) is 5.75 Å². The van der Waals surface area contributed by atoms with Crippen LogP contribution in [0.15, 0.2) is 48.5 Å². The van der Waals surface area contributed by atoms with Gasteiger partial charge in [-0.3, -0.25) is 24.0 Å². The van der Waals surface area contributed by atoms with Gasteiger partial charge in [0.1, 0.15) is 17.8 Å². The van der Waals surface area contributed by atoms with Crippen molar-refractivity contribution in [3.8, 4) is 5.75 Å². The van der Waals surface area contributed by atoms with E-state index < -0.39 is 41.2 Å². The number of methoxy groups -OCH3 is 2. The molecule has 0 bridgehead atoms. The molecule has 4 atom stereocenters. The van der Waals surface area contributed by atoms with Gasteiger partial charge in [-0.15, -0.1) is 0 Å². The Morgan fingerprint density at radius 1 is 0.922 bits per heavy atom. The van der Waals surface area contributed by atoms with Crippen molar-refractivity contribution >= 4 is 29.5 Å². The maximum absolute atomic E-state index is 14.3. The minimum absolute atomic E-state index is 0.0157. The lowest BCUT2D eigenvalue weighted by Gasteiger charge is -2.37. The van der Waals surface area contributed by atoms with Gasteiger partial charge in [0, 0.05) is 32.4 Å². The van der Waals surface area contributed by atoms with E-state index in [0.29, 0.717) is 50.9 Å². The van der Waals surface area contributed by atoms with Crippen molar-refractivity contribution in [2.24, 2.45) is 5.73 Å². The molecule has 0 aliphatic carbocycles. The Kier molecular flexibility index (Phi) is 15.2. The van der Waals surface area contributed by atoms with Gasteiger partial charge in [0.25, 0.3) is 0 Å². The van der Waals surface area contributed by atoms with Crippen molar-refractivity contribution in [3.05, 3.63) is 65.2 Å². The van der Waals surface area contributed by atoms with Crippen LogP contribution in [0.2, 0.25) is 0 Å². The third kappa shape index (κ3) is 12.5. The van der Waals surface area contributed by atoms with Gasteiger partial charge in [0.05, 0.1) is 37.9 Å². The predicted octanol–water partition coefficient (Wildman–Crippen LogP) is 3.80. The second-order valence-electron chi connectivity index (χ2n) is 14.4. The first-order valence-corrected chi connectivity index (χ1v) is 17.7. The van der Waals surface area contributed by atoms with E-state index in [-0.39, 0.29) is 36.9 Å². The fraction of sp³-hybridized carbons (Fsp3) is 0.564. The number of hydrogen-bond donors (Lipinski definition) is 3. The SMILES string of the molecule is COC(=O)CCC(=O)NCc1ccc(CCCC(=O)[C@]2(C)CCCN2C(=O)[C@H](Cc2ccc(OC)cc2)NC(=O)[C@@H](N)[C@@H](C)OC(C)(C)C)cc1. The summed E-state index contributed by atoms with van der Waals surface area (Å²) in [6.45, 7) is 9.96. The van der Waals surface area contributed by atoms with Gasteiger partial charge in [0.15, 0.2) is 5.78 Å². The standard InChI is InChI=1S/C39H56N4O8/c1-26(51-38(2,3)4)35(40)36(47)42-31(24-28-16-18-30(49-6)19-17-28)37(48)43-23-9-22-39(43,5)32(44)11-8-10-27-12-14-29(15-13-27)25-41-33(45)20-21-34(46)50-7/h12-19,26,31,35H,8-11,20-25,40H2,1-7H3,(H,41,45)(H,42,47)/t26-,31+,35+,39+/m1/s1. The molecule has 1 aliphatic rings. The van der Waals surface area contributed by atoms with Gasteiger partial charge >= 0.3 is 5.97 Å². The number of Topliss-reactive ketones (excluding diaryl/α,β-unsaturated/α-hetero) is 1. The summed E-state index contributed by atoms with van der Waals surface area (Å²) in [5.74, 6) is -0.820. The molecular formula is C39H56N4O8. The summed E-state index contributed by atoms with van der Waals surface area (Å²) in [6.07, 6.45) is 2.50. The molecule has 2 aromatic rings. The first kappa shape index (κ1) is 41.1. The third-order valence-corrected chi connectivity index (χ3v) is 9.23. The van der Waals surface area contributed by atoms with Crippen LogP contribution in [0, 0.1) is 0 Å². The van der Waals surface area contributed by atoms with Crippen molar-refractivity contribution in [2.75, 3.05) is 20.8 Å². The number of nitrogens with one attached hydrogen (secondary N) is 2. The third-order valence-electron chi connectivity index (χ3n) is 9.23. The van der Waals surface area contributed by atoms with Gasteiger partial charge in [-0.25, -0.2) is 0 Å². The zero-order chi connectivity index (χ0) is 37.8. The molecule has 12 heteroatoms. The highest BCUT2D eigenvalue weighted by atomic mass is 16.5. The summed E-state index contributed by atoms with van der Waals surface area (Å²) < 4.78 is 15.8. The highest BCUT2D eigenvalue weighted by Gasteiger charge is 2.46. The van der Waals surface area contributed by atoms with E-state index in [0.717, 1.165) is 16.7 Å². The molecule has 51 heavy (non-hydrogen) atoms. The lowest BCUT2D eigenvalue weighted by atomic mass is 9.88. The zero-order valence-corrected chi connectivity index (χ0v) is 31.2. The van der Waals surface area contributed by atoms with Gasteiger partial charge < -0.3 is 35.5 Å². The number of hydrogen-bond acceptors (Lipinski definition) is 9. The Morgan fingerprint density at radius 3 is 2.16 bits per heavy atom. The second-order valence-corrected chi connectivity index (χ2v) is 14.4. The van der Waals surface area contributed by atoms with E-state index in [1.165, 1.54) is 7.11 Å². The number of aryl methyl sites for hydroxylation is 1. The molecule has 0 spiro atoms.